The first kappa shape index (κ1) is 13.1. The number of nitrogens with zero attached hydrogens (tertiary/aromatic N) is 2. The Labute approximate surface area is 98.3 Å². The van der Waals surface area contributed by atoms with Crippen molar-refractivity contribution in [3.05, 3.63) is 35.4 Å². The molecule has 0 aromatic heterocycles. The zero-order valence-corrected chi connectivity index (χ0v) is 9.41. The summed E-state index contributed by atoms with van der Waals surface area (Å²) in [5, 5.41) is 8.58. The molecule has 90 valence electrons. The van der Waals surface area contributed by atoms with Gasteiger partial charge in [0.2, 0.25) is 0 Å². The van der Waals surface area contributed by atoms with Crippen molar-refractivity contribution < 1.29 is 13.6 Å². The Kier molecular flexibility index (Phi) is 4.58. The lowest BCUT2D eigenvalue weighted by Crippen LogP contribution is -2.32. The summed E-state index contributed by atoms with van der Waals surface area (Å²) < 4.78 is 25.7. The van der Waals surface area contributed by atoms with Crippen molar-refractivity contribution in [2.75, 3.05) is 13.1 Å². The molecule has 3 nitrogen and oxygen atoms in total. The highest BCUT2D eigenvalue weighted by molar-refractivity contribution is 5.94. The molecule has 0 aliphatic heterocycles. The van der Waals surface area contributed by atoms with Crippen molar-refractivity contribution in [3.63, 3.8) is 0 Å². The molecular weight excluding hydrogens is 226 g/mol. The van der Waals surface area contributed by atoms with Gasteiger partial charge in [-0.05, 0) is 24.6 Å². The quantitative estimate of drug-likeness (QED) is 0.756. The Morgan fingerprint density at radius 2 is 2.12 bits per heavy atom. The maximum absolute atomic E-state index is 13.0. The lowest BCUT2D eigenvalue weighted by atomic mass is 10.2. The van der Waals surface area contributed by atoms with Gasteiger partial charge in [0.15, 0.2) is 11.6 Å². The van der Waals surface area contributed by atoms with Gasteiger partial charge in [-0.1, -0.05) is 6.92 Å². The highest BCUT2D eigenvalue weighted by Crippen LogP contribution is 2.11. The average Bonchev–Trinajstić information content (AvgIpc) is 2.31. The topological polar surface area (TPSA) is 44.1 Å². The highest BCUT2D eigenvalue weighted by Gasteiger charge is 2.16. The second-order valence-corrected chi connectivity index (χ2v) is 3.51. The molecule has 0 spiro atoms. The van der Waals surface area contributed by atoms with Crippen LogP contribution in [0.15, 0.2) is 18.2 Å². The molecule has 17 heavy (non-hydrogen) atoms. The van der Waals surface area contributed by atoms with Crippen LogP contribution in [0.3, 0.4) is 0 Å². The Hall–Kier alpha value is -1.96. The predicted octanol–water partition coefficient (Wildman–Crippen LogP) is 2.34. The maximum atomic E-state index is 13.0. The van der Waals surface area contributed by atoms with Gasteiger partial charge in [0.25, 0.3) is 5.91 Å². The summed E-state index contributed by atoms with van der Waals surface area (Å²) in [7, 11) is 0. The molecule has 0 unspecified atom stereocenters. The summed E-state index contributed by atoms with van der Waals surface area (Å²) in [5.74, 6) is -2.53. The van der Waals surface area contributed by atoms with E-state index in [4.69, 9.17) is 5.26 Å². The second-order valence-electron chi connectivity index (χ2n) is 3.51. The standard InChI is InChI=1S/C12H12F2N2O/c1-2-6-16(7-5-15)12(17)9-3-4-10(13)11(14)8-9/h3-4,8H,2,6-7H2,1H3. The minimum absolute atomic E-state index is 0.0487. The average molecular weight is 238 g/mol. The molecule has 0 aliphatic rings. The molecule has 1 aromatic rings. The molecule has 0 saturated heterocycles. The molecule has 1 amide bonds. The lowest BCUT2D eigenvalue weighted by molar-refractivity contribution is 0.0775. The van der Waals surface area contributed by atoms with Crippen LogP contribution in [0.1, 0.15) is 23.7 Å². The van der Waals surface area contributed by atoms with Gasteiger partial charge in [-0.15, -0.1) is 0 Å². The van der Waals surface area contributed by atoms with Gasteiger partial charge in [-0.3, -0.25) is 4.79 Å². The van der Waals surface area contributed by atoms with E-state index in [2.05, 4.69) is 0 Å². The molecule has 5 heteroatoms. The number of carbonyl (C=O) groups excluding carboxylic acids is 1. The summed E-state index contributed by atoms with van der Waals surface area (Å²) in [4.78, 5) is 13.2. The first-order chi connectivity index (χ1) is 8.10. The van der Waals surface area contributed by atoms with Crippen LogP contribution in [0.25, 0.3) is 0 Å². The first-order valence-corrected chi connectivity index (χ1v) is 5.21. The minimum atomic E-state index is -1.07. The lowest BCUT2D eigenvalue weighted by Gasteiger charge is -2.18. The number of hydrogen-bond donors (Lipinski definition) is 0. The monoisotopic (exact) mass is 238 g/mol. The molecule has 0 aliphatic carbocycles. The van der Waals surface area contributed by atoms with E-state index >= 15 is 0 Å². The van der Waals surface area contributed by atoms with Gasteiger partial charge in [0.1, 0.15) is 6.54 Å². The van der Waals surface area contributed by atoms with Crippen LogP contribution in [-0.4, -0.2) is 23.9 Å². The van der Waals surface area contributed by atoms with E-state index in [0.717, 1.165) is 12.1 Å². The van der Waals surface area contributed by atoms with Crippen LogP contribution in [0.2, 0.25) is 0 Å². The molecule has 0 radical (unpaired) electrons. The van der Waals surface area contributed by atoms with E-state index in [0.29, 0.717) is 13.0 Å². The van der Waals surface area contributed by atoms with E-state index in [9.17, 15) is 13.6 Å². The molecule has 0 bridgehead atoms. The SMILES string of the molecule is CCCN(CC#N)C(=O)c1ccc(F)c(F)c1. The Balaban J connectivity index is 2.93. The van der Waals surface area contributed by atoms with E-state index < -0.39 is 17.5 Å². The summed E-state index contributed by atoms with van der Waals surface area (Å²) in [6.45, 7) is 2.21. The molecule has 1 aromatic carbocycles. The molecule has 1 rings (SSSR count). The Morgan fingerprint density at radius 3 is 2.65 bits per heavy atom. The highest BCUT2D eigenvalue weighted by atomic mass is 19.2. The van der Waals surface area contributed by atoms with Crippen LogP contribution in [0.4, 0.5) is 8.78 Å². The molecule has 0 saturated carbocycles. The zero-order chi connectivity index (χ0) is 12.8. The minimum Gasteiger partial charge on any atom is -0.325 e. The van der Waals surface area contributed by atoms with E-state index in [1.165, 1.54) is 11.0 Å². The fourth-order valence-electron chi connectivity index (χ4n) is 1.42. The van der Waals surface area contributed by atoms with Crippen molar-refractivity contribution >= 4 is 5.91 Å². The van der Waals surface area contributed by atoms with Gasteiger partial charge in [0.05, 0.1) is 6.07 Å². The number of hydrogen-bond acceptors (Lipinski definition) is 2. The molecule has 0 atom stereocenters. The van der Waals surface area contributed by atoms with Gasteiger partial charge < -0.3 is 4.90 Å². The molecular formula is C12H12F2N2O. The van der Waals surface area contributed by atoms with Crippen LogP contribution in [0, 0.1) is 23.0 Å². The van der Waals surface area contributed by atoms with Crippen molar-refractivity contribution in [3.8, 4) is 6.07 Å². The number of amides is 1. The van der Waals surface area contributed by atoms with Gasteiger partial charge >= 0.3 is 0 Å². The number of rotatable bonds is 4. The van der Waals surface area contributed by atoms with Gasteiger partial charge in [-0.2, -0.15) is 5.26 Å². The van der Waals surface area contributed by atoms with Crippen LogP contribution >= 0.6 is 0 Å². The van der Waals surface area contributed by atoms with Crippen LogP contribution in [-0.2, 0) is 0 Å². The Morgan fingerprint density at radius 1 is 1.41 bits per heavy atom. The third-order valence-electron chi connectivity index (χ3n) is 2.21. The molecule has 0 fully saturated rings. The summed E-state index contributed by atoms with van der Waals surface area (Å²) >= 11 is 0. The largest absolute Gasteiger partial charge is 0.325 e. The van der Waals surface area contributed by atoms with Crippen molar-refractivity contribution in [1.29, 1.82) is 5.26 Å². The number of nitriles is 1. The summed E-state index contributed by atoms with van der Waals surface area (Å²) in [6.07, 6.45) is 0.692. The smallest absolute Gasteiger partial charge is 0.254 e. The number of carbonyl (C=O) groups is 1. The predicted molar refractivity (Wildman–Crippen MR) is 58.2 cm³/mol. The zero-order valence-electron chi connectivity index (χ0n) is 9.41. The van der Waals surface area contributed by atoms with Crippen molar-refractivity contribution in [2.45, 2.75) is 13.3 Å². The normalized spacial score (nSPS) is 9.76. The van der Waals surface area contributed by atoms with E-state index in [1.807, 2.05) is 13.0 Å². The van der Waals surface area contributed by atoms with E-state index in [1.54, 1.807) is 0 Å². The molecule has 0 heterocycles. The summed E-state index contributed by atoms with van der Waals surface area (Å²) in [6, 6.07) is 4.82. The van der Waals surface area contributed by atoms with Gasteiger partial charge in [0, 0.05) is 12.1 Å². The second kappa shape index (κ2) is 5.94. The van der Waals surface area contributed by atoms with Crippen molar-refractivity contribution in [1.82, 2.24) is 4.90 Å². The van der Waals surface area contributed by atoms with Gasteiger partial charge in [-0.25, -0.2) is 8.78 Å². The Bertz CT molecular complexity index is 454. The first-order valence-electron chi connectivity index (χ1n) is 5.21. The fourth-order valence-corrected chi connectivity index (χ4v) is 1.42. The summed E-state index contributed by atoms with van der Waals surface area (Å²) in [5.41, 5.74) is 0.0487. The van der Waals surface area contributed by atoms with Crippen LogP contribution < -0.4 is 0 Å². The third-order valence-corrected chi connectivity index (χ3v) is 2.21. The van der Waals surface area contributed by atoms with Crippen molar-refractivity contribution in [2.24, 2.45) is 0 Å². The number of benzene rings is 1. The fraction of sp³-hybridized carbons (Fsp3) is 0.333. The van der Waals surface area contributed by atoms with Crippen LogP contribution in [0.5, 0.6) is 0 Å². The van der Waals surface area contributed by atoms with E-state index in [-0.39, 0.29) is 12.1 Å². The molecule has 0 N–H and O–H groups in total. The third kappa shape index (κ3) is 3.25. The maximum Gasteiger partial charge on any atom is 0.254 e. The number of halogens is 2.